The molecule has 2 unspecified atom stereocenters. The Morgan fingerprint density at radius 3 is 2.57 bits per heavy atom. The van der Waals surface area contributed by atoms with Crippen molar-refractivity contribution in [2.24, 2.45) is 20.0 Å². The lowest BCUT2D eigenvalue weighted by Gasteiger charge is -2.32. The van der Waals surface area contributed by atoms with Crippen LogP contribution in [0.15, 0.2) is 20.7 Å². The molecule has 1 N–H and O–H groups in total. The normalized spacial score (nSPS) is 22.5. The van der Waals surface area contributed by atoms with Gasteiger partial charge in [-0.05, 0) is 18.8 Å². The van der Waals surface area contributed by atoms with Crippen molar-refractivity contribution in [3.8, 4) is 0 Å². The Hall–Kier alpha value is -1.45. The molecule has 1 aliphatic rings. The lowest BCUT2D eigenvalue weighted by molar-refractivity contribution is -0.0211. The van der Waals surface area contributed by atoms with Crippen LogP contribution in [0, 0.1) is 5.92 Å². The van der Waals surface area contributed by atoms with E-state index in [0.717, 1.165) is 15.3 Å². The van der Waals surface area contributed by atoms with Gasteiger partial charge in [0.05, 0.1) is 6.10 Å². The Balaban J connectivity index is 2.30. The van der Waals surface area contributed by atoms with Gasteiger partial charge in [0.1, 0.15) is 0 Å². The van der Waals surface area contributed by atoms with Crippen LogP contribution in [-0.2, 0) is 28.9 Å². The summed E-state index contributed by atoms with van der Waals surface area (Å²) >= 11 is 0. The first-order valence-corrected chi connectivity index (χ1v) is 9.02. The van der Waals surface area contributed by atoms with Crippen LogP contribution in [0.4, 0.5) is 0 Å². The number of sulfonamides is 1. The fraction of sp³-hybridized carbons (Fsp3) is 0.714. The van der Waals surface area contributed by atoms with Gasteiger partial charge in [-0.2, -0.15) is 0 Å². The highest BCUT2D eigenvalue weighted by molar-refractivity contribution is 7.89. The third-order valence-corrected chi connectivity index (χ3v) is 5.59. The molecule has 0 saturated carbocycles. The molecule has 0 radical (unpaired) electrons. The highest BCUT2D eigenvalue weighted by Gasteiger charge is 2.30. The summed E-state index contributed by atoms with van der Waals surface area (Å²) in [5.41, 5.74) is -1.40. The Morgan fingerprint density at radius 2 is 1.96 bits per heavy atom. The van der Waals surface area contributed by atoms with Crippen molar-refractivity contribution >= 4 is 10.0 Å². The number of rotatable bonds is 4. The van der Waals surface area contributed by atoms with E-state index in [-0.39, 0.29) is 18.1 Å². The number of ether oxygens (including phenoxy) is 1. The first kappa shape index (κ1) is 17.9. The zero-order valence-electron chi connectivity index (χ0n) is 13.8. The summed E-state index contributed by atoms with van der Waals surface area (Å²) in [6.07, 6.45) is 2.16. The fourth-order valence-corrected chi connectivity index (χ4v) is 4.09. The summed E-state index contributed by atoms with van der Waals surface area (Å²) in [5.74, 6) is 0.285. The highest BCUT2D eigenvalue weighted by atomic mass is 32.2. The number of aromatic nitrogens is 2. The Morgan fingerprint density at radius 1 is 1.30 bits per heavy atom. The van der Waals surface area contributed by atoms with Crippen LogP contribution in [0.2, 0.25) is 0 Å². The van der Waals surface area contributed by atoms with Gasteiger partial charge in [-0.3, -0.25) is 9.36 Å². The molecule has 0 amide bonds. The van der Waals surface area contributed by atoms with Crippen molar-refractivity contribution in [2.45, 2.75) is 43.7 Å². The predicted molar refractivity (Wildman–Crippen MR) is 84.8 cm³/mol. The maximum Gasteiger partial charge on any atom is 0.330 e. The maximum atomic E-state index is 12.5. The van der Waals surface area contributed by atoms with Gasteiger partial charge in [0, 0.05) is 32.9 Å². The average Bonchev–Trinajstić information content (AvgIpc) is 2.48. The molecule has 130 valence electrons. The van der Waals surface area contributed by atoms with Crippen LogP contribution in [-0.4, -0.2) is 36.3 Å². The molecule has 9 heteroatoms. The molecule has 2 atom stereocenters. The number of hydrogen-bond acceptors (Lipinski definition) is 5. The second-order valence-electron chi connectivity index (χ2n) is 6.25. The van der Waals surface area contributed by atoms with E-state index in [9.17, 15) is 18.0 Å². The molecule has 0 bridgehead atoms. The summed E-state index contributed by atoms with van der Waals surface area (Å²) in [6, 6.07) is -0.289. The number of nitrogens with one attached hydrogen (secondary N) is 1. The van der Waals surface area contributed by atoms with E-state index in [0.29, 0.717) is 19.4 Å². The number of nitrogens with zero attached hydrogens (tertiary/aromatic N) is 2. The molecule has 2 heterocycles. The fourth-order valence-electron chi connectivity index (χ4n) is 2.64. The van der Waals surface area contributed by atoms with Gasteiger partial charge in [-0.15, -0.1) is 0 Å². The topological polar surface area (TPSA) is 99.4 Å². The lowest BCUT2D eigenvalue weighted by atomic mass is 9.96. The lowest BCUT2D eigenvalue weighted by Crippen LogP contribution is -2.46. The third-order valence-electron chi connectivity index (χ3n) is 4.08. The summed E-state index contributed by atoms with van der Waals surface area (Å²) in [7, 11) is -1.34. The van der Waals surface area contributed by atoms with E-state index in [1.807, 2.05) is 13.8 Å². The summed E-state index contributed by atoms with van der Waals surface area (Å²) in [4.78, 5) is 23.4. The van der Waals surface area contributed by atoms with E-state index < -0.39 is 26.2 Å². The first-order valence-electron chi connectivity index (χ1n) is 7.54. The van der Waals surface area contributed by atoms with Gasteiger partial charge < -0.3 is 9.30 Å². The van der Waals surface area contributed by atoms with Crippen molar-refractivity contribution in [1.82, 2.24) is 13.9 Å². The smallest absolute Gasteiger partial charge is 0.330 e. The van der Waals surface area contributed by atoms with Crippen LogP contribution in [0.5, 0.6) is 0 Å². The van der Waals surface area contributed by atoms with Crippen molar-refractivity contribution in [3.63, 3.8) is 0 Å². The van der Waals surface area contributed by atoms with E-state index in [4.69, 9.17) is 4.74 Å². The van der Waals surface area contributed by atoms with Crippen LogP contribution >= 0.6 is 0 Å². The number of hydrogen-bond donors (Lipinski definition) is 1. The molecular weight excluding hydrogens is 322 g/mol. The van der Waals surface area contributed by atoms with Crippen molar-refractivity contribution in [3.05, 3.63) is 27.0 Å². The predicted octanol–water partition coefficient (Wildman–Crippen LogP) is -0.434. The molecule has 0 aromatic carbocycles. The molecule has 1 fully saturated rings. The second-order valence-corrected chi connectivity index (χ2v) is 7.93. The molecule has 1 aromatic rings. The monoisotopic (exact) mass is 345 g/mol. The van der Waals surface area contributed by atoms with Crippen LogP contribution < -0.4 is 16.0 Å². The molecule has 0 aliphatic carbocycles. The molecular formula is C14H23N3O5S. The Bertz CT molecular complexity index is 794. The van der Waals surface area contributed by atoms with Gasteiger partial charge in [0.25, 0.3) is 5.56 Å². The minimum Gasteiger partial charge on any atom is -0.378 e. The Labute approximate surface area is 135 Å². The molecule has 0 spiro atoms. The largest absolute Gasteiger partial charge is 0.378 e. The van der Waals surface area contributed by atoms with Gasteiger partial charge >= 0.3 is 5.69 Å². The zero-order chi connectivity index (χ0) is 17.4. The minimum absolute atomic E-state index is 0.0144. The maximum absolute atomic E-state index is 12.5. The third kappa shape index (κ3) is 3.73. The SMILES string of the molecule is CC(C)C1CC(NS(=O)(=O)c2cn(C)c(=O)n(C)c2=O)CCO1. The Kier molecular flexibility index (Phi) is 5.12. The van der Waals surface area contributed by atoms with Gasteiger partial charge in [-0.1, -0.05) is 13.8 Å². The van der Waals surface area contributed by atoms with Crippen LogP contribution in [0.25, 0.3) is 0 Å². The van der Waals surface area contributed by atoms with Crippen LogP contribution in [0.1, 0.15) is 26.7 Å². The first-order chi connectivity index (χ1) is 10.6. The van der Waals surface area contributed by atoms with Crippen molar-refractivity contribution in [1.29, 1.82) is 0 Å². The van der Waals surface area contributed by atoms with E-state index in [2.05, 4.69) is 4.72 Å². The standard InChI is InChI=1S/C14H23N3O5S/c1-9(2)11-7-10(5-6-22-11)15-23(20,21)12-8-16(3)14(19)17(4)13(12)18/h8-11,15H,5-7H2,1-4H3. The zero-order valence-corrected chi connectivity index (χ0v) is 14.6. The van der Waals surface area contributed by atoms with E-state index in [1.165, 1.54) is 14.1 Å². The van der Waals surface area contributed by atoms with E-state index >= 15 is 0 Å². The van der Waals surface area contributed by atoms with Crippen LogP contribution in [0.3, 0.4) is 0 Å². The summed E-state index contributed by atoms with van der Waals surface area (Å²) in [6.45, 7) is 4.51. The second kappa shape index (κ2) is 6.58. The molecule has 23 heavy (non-hydrogen) atoms. The van der Waals surface area contributed by atoms with E-state index in [1.54, 1.807) is 0 Å². The number of aryl methyl sites for hydroxylation is 1. The molecule has 8 nitrogen and oxygen atoms in total. The molecule has 2 rings (SSSR count). The van der Waals surface area contributed by atoms with Gasteiger partial charge in [-0.25, -0.2) is 17.9 Å². The summed E-state index contributed by atoms with van der Waals surface area (Å²) in [5, 5.41) is 0. The quantitative estimate of drug-likeness (QED) is 0.798. The summed E-state index contributed by atoms with van der Waals surface area (Å²) < 4.78 is 35.1. The molecule has 1 saturated heterocycles. The highest BCUT2D eigenvalue weighted by Crippen LogP contribution is 2.21. The molecule has 1 aliphatic heterocycles. The van der Waals surface area contributed by atoms with Crippen molar-refractivity contribution < 1.29 is 13.2 Å². The minimum atomic E-state index is -4.00. The van der Waals surface area contributed by atoms with Gasteiger partial charge in [0.15, 0.2) is 4.90 Å². The molecule has 1 aromatic heterocycles. The van der Waals surface area contributed by atoms with Gasteiger partial charge in [0.2, 0.25) is 10.0 Å². The van der Waals surface area contributed by atoms with Crippen molar-refractivity contribution in [2.75, 3.05) is 6.61 Å². The average molecular weight is 345 g/mol.